The van der Waals surface area contributed by atoms with Crippen LogP contribution in [0.4, 0.5) is 0 Å². The highest BCUT2D eigenvalue weighted by molar-refractivity contribution is 9.09. The van der Waals surface area contributed by atoms with Crippen LogP contribution in [0.15, 0.2) is 0 Å². The Morgan fingerprint density at radius 3 is 2.21 bits per heavy atom. The minimum Gasteiger partial charge on any atom is -0.392 e. The molecule has 6 rings (SSSR count). The summed E-state index contributed by atoms with van der Waals surface area (Å²) in [5, 5.41) is 11.2. The lowest BCUT2D eigenvalue weighted by atomic mass is 9.31. The fourth-order valence-corrected chi connectivity index (χ4v) is 12.6. The van der Waals surface area contributed by atoms with Crippen molar-refractivity contribution in [2.75, 3.05) is 6.61 Å². The van der Waals surface area contributed by atoms with Gasteiger partial charge in [0.1, 0.15) is 0 Å². The van der Waals surface area contributed by atoms with Gasteiger partial charge in [-0.05, 0) is 114 Å². The number of alkyl halides is 1. The summed E-state index contributed by atoms with van der Waals surface area (Å²) in [6.07, 6.45) is 12.2. The van der Waals surface area contributed by atoms with Crippen molar-refractivity contribution in [2.45, 2.75) is 123 Å². The van der Waals surface area contributed by atoms with Gasteiger partial charge in [0.15, 0.2) is 0 Å². The summed E-state index contributed by atoms with van der Waals surface area (Å²) in [4.78, 5) is 0.214. The molecule has 2 nitrogen and oxygen atoms in total. The summed E-state index contributed by atoms with van der Waals surface area (Å²) in [6, 6.07) is 0. The monoisotopic (exact) mass is 520 g/mol. The number of hydrogen-bond acceptors (Lipinski definition) is 2. The molecule has 0 radical (unpaired) electrons. The number of halogens is 1. The molecule has 6 aliphatic rings. The zero-order valence-corrected chi connectivity index (χ0v) is 23.9. The van der Waals surface area contributed by atoms with Crippen LogP contribution in [0.2, 0.25) is 0 Å². The van der Waals surface area contributed by atoms with Crippen LogP contribution < -0.4 is 0 Å². The molecule has 11 atom stereocenters. The van der Waals surface area contributed by atoms with Gasteiger partial charge in [-0.25, -0.2) is 0 Å². The lowest BCUT2D eigenvalue weighted by Gasteiger charge is -2.73. The summed E-state index contributed by atoms with van der Waals surface area (Å²) < 4.78 is 6.71. The highest BCUT2D eigenvalue weighted by Crippen LogP contribution is 2.78. The lowest BCUT2D eigenvalue weighted by Crippen LogP contribution is -2.68. The molecule has 1 heterocycles. The summed E-state index contributed by atoms with van der Waals surface area (Å²) in [5.74, 6) is 3.00. The van der Waals surface area contributed by atoms with Crippen molar-refractivity contribution in [1.82, 2.24) is 0 Å². The van der Waals surface area contributed by atoms with E-state index in [0.717, 1.165) is 30.8 Å². The van der Waals surface area contributed by atoms with Crippen LogP contribution in [0.3, 0.4) is 0 Å². The third kappa shape index (κ3) is 2.70. The Hall–Kier alpha value is 0.400. The molecule has 0 amide bonds. The molecule has 1 saturated heterocycles. The molecule has 5 aliphatic carbocycles. The molecule has 1 aliphatic heterocycles. The predicted octanol–water partition coefficient (Wildman–Crippen LogP) is 7.61. The van der Waals surface area contributed by atoms with Crippen LogP contribution in [-0.2, 0) is 4.74 Å². The zero-order chi connectivity index (χ0) is 23.8. The average Bonchev–Trinajstić information content (AvgIpc) is 3.06. The van der Waals surface area contributed by atoms with E-state index in [9.17, 15) is 5.11 Å². The molecule has 0 spiro atoms. The van der Waals surface area contributed by atoms with E-state index in [1.54, 1.807) is 0 Å². The molecule has 0 unspecified atom stereocenters. The fraction of sp³-hybridized carbons (Fsp3) is 1.00. The first-order chi connectivity index (χ1) is 15.2. The molecule has 2 bridgehead atoms. The first-order valence-corrected chi connectivity index (χ1v) is 15.1. The Kier molecular flexibility index (Phi) is 4.92. The molecule has 33 heavy (non-hydrogen) atoms. The van der Waals surface area contributed by atoms with E-state index in [4.69, 9.17) is 4.74 Å². The largest absolute Gasteiger partial charge is 0.392 e. The first kappa shape index (κ1) is 23.8. The van der Waals surface area contributed by atoms with Gasteiger partial charge in [0.05, 0.1) is 18.8 Å². The van der Waals surface area contributed by atoms with Crippen molar-refractivity contribution in [1.29, 1.82) is 0 Å². The van der Waals surface area contributed by atoms with Crippen LogP contribution in [0.1, 0.15) is 106 Å². The fourth-order valence-electron chi connectivity index (χ4n) is 12.1. The van der Waals surface area contributed by atoms with Crippen molar-refractivity contribution >= 4 is 15.9 Å². The normalized spacial score (nSPS) is 60.8. The SMILES string of the molecule is CC1(C)CC[C@]23CC[C@]4(C)[C@H](CC[C@H]5[C@@]6(C)C[C@H](O)[C@@H](Br)C(C)(C)[C@@H]6CC[C@]54C)[C@@H]2[C@H]1OC3. The smallest absolute Gasteiger partial charge is 0.0675 e. The van der Waals surface area contributed by atoms with Gasteiger partial charge in [-0.2, -0.15) is 0 Å². The molecular weight excluding hydrogens is 472 g/mol. The molecule has 5 saturated carbocycles. The topological polar surface area (TPSA) is 29.5 Å². The van der Waals surface area contributed by atoms with Gasteiger partial charge in [-0.15, -0.1) is 0 Å². The maximum absolute atomic E-state index is 11.2. The minimum atomic E-state index is -0.229. The molecule has 0 aromatic carbocycles. The van der Waals surface area contributed by atoms with E-state index in [1.165, 1.54) is 51.4 Å². The van der Waals surface area contributed by atoms with Crippen molar-refractivity contribution in [3.63, 3.8) is 0 Å². The van der Waals surface area contributed by atoms with Crippen molar-refractivity contribution in [3.05, 3.63) is 0 Å². The number of rotatable bonds is 0. The molecule has 188 valence electrons. The molecule has 3 heteroatoms. The van der Waals surface area contributed by atoms with Crippen LogP contribution in [0.25, 0.3) is 0 Å². The quantitative estimate of drug-likeness (QED) is 0.333. The zero-order valence-electron chi connectivity index (χ0n) is 22.3. The van der Waals surface area contributed by atoms with Crippen molar-refractivity contribution < 1.29 is 9.84 Å². The van der Waals surface area contributed by atoms with E-state index >= 15 is 0 Å². The number of fused-ring (bicyclic) bond motifs is 5. The first-order valence-electron chi connectivity index (χ1n) is 14.2. The third-order valence-electron chi connectivity index (χ3n) is 14.0. The van der Waals surface area contributed by atoms with E-state index in [0.29, 0.717) is 33.7 Å². The van der Waals surface area contributed by atoms with Crippen LogP contribution in [-0.4, -0.2) is 28.7 Å². The summed E-state index contributed by atoms with van der Waals surface area (Å²) in [7, 11) is 0. The van der Waals surface area contributed by atoms with Gasteiger partial charge < -0.3 is 9.84 Å². The molecule has 0 aromatic rings. The van der Waals surface area contributed by atoms with Gasteiger partial charge in [0.2, 0.25) is 0 Å². The molecular formula is C30H49BrO2. The number of hydrogen-bond donors (Lipinski definition) is 1. The number of aliphatic hydroxyl groups excluding tert-OH is 1. The molecule has 6 fully saturated rings. The third-order valence-corrected chi connectivity index (χ3v) is 15.8. The predicted molar refractivity (Wildman–Crippen MR) is 138 cm³/mol. The summed E-state index contributed by atoms with van der Waals surface area (Å²) >= 11 is 3.93. The van der Waals surface area contributed by atoms with Gasteiger partial charge in [-0.1, -0.05) is 64.4 Å². The second kappa shape index (κ2) is 6.83. The van der Waals surface area contributed by atoms with E-state index in [1.807, 2.05) is 0 Å². The summed E-state index contributed by atoms with van der Waals surface area (Å²) in [6.45, 7) is 18.9. The van der Waals surface area contributed by atoms with Crippen LogP contribution in [0.5, 0.6) is 0 Å². The Bertz CT molecular complexity index is 837. The van der Waals surface area contributed by atoms with Gasteiger partial charge in [0.25, 0.3) is 0 Å². The van der Waals surface area contributed by atoms with Gasteiger partial charge >= 0.3 is 0 Å². The van der Waals surface area contributed by atoms with Crippen LogP contribution in [0, 0.1) is 56.2 Å². The Morgan fingerprint density at radius 2 is 1.48 bits per heavy atom. The summed E-state index contributed by atoms with van der Waals surface area (Å²) in [5.41, 5.74) is 1.96. The highest BCUT2D eigenvalue weighted by atomic mass is 79.9. The lowest BCUT2D eigenvalue weighted by molar-refractivity contribution is -0.248. The van der Waals surface area contributed by atoms with Crippen LogP contribution >= 0.6 is 15.9 Å². The maximum Gasteiger partial charge on any atom is 0.0675 e. The molecule has 0 aromatic heterocycles. The van der Waals surface area contributed by atoms with E-state index in [-0.39, 0.29) is 21.8 Å². The van der Waals surface area contributed by atoms with Gasteiger partial charge in [-0.3, -0.25) is 0 Å². The number of ether oxygens (including phenoxy) is 1. The maximum atomic E-state index is 11.2. The van der Waals surface area contributed by atoms with Crippen molar-refractivity contribution in [3.8, 4) is 0 Å². The van der Waals surface area contributed by atoms with E-state index < -0.39 is 0 Å². The Morgan fingerprint density at radius 1 is 0.788 bits per heavy atom. The second-order valence-electron chi connectivity index (χ2n) is 15.8. The molecule has 1 N–H and O–H groups in total. The Balaban J connectivity index is 1.40. The van der Waals surface area contributed by atoms with Crippen molar-refractivity contribution in [2.24, 2.45) is 56.2 Å². The minimum absolute atomic E-state index is 0.141. The highest BCUT2D eigenvalue weighted by Gasteiger charge is 2.73. The van der Waals surface area contributed by atoms with Gasteiger partial charge in [0, 0.05) is 4.83 Å². The van der Waals surface area contributed by atoms with E-state index in [2.05, 4.69) is 64.4 Å². The second-order valence-corrected chi connectivity index (χ2v) is 16.8. The standard InChI is InChI=1S/C30H49BrO2/c1-25(2)12-14-30-15-13-28(6)18(22(30)24(25)33-17-30)8-9-21-27(5)16-19(32)23(31)26(3,4)20(27)10-11-29(21,28)7/h18-24,32H,8-17H2,1-7H3/t18-,19+,20+,21+,22-,23-,24-,27+,28-,29-,30-/m1/s1. The Labute approximate surface area is 211 Å². The number of aliphatic hydroxyl groups is 1. The average molecular weight is 522 g/mol.